The van der Waals surface area contributed by atoms with Crippen LogP contribution in [0.5, 0.6) is 5.75 Å². The first-order valence-electron chi connectivity index (χ1n) is 5.78. The average Bonchev–Trinajstić information content (AvgIpc) is 2.41. The van der Waals surface area contributed by atoms with E-state index in [0.29, 0.717) is 0 Å². The number of benzene rings is 2. The molecule has 3 heteroatoms. The maximum atomic E-state index is 5.24. The number of nitrogens with one attached hydrogen (secondary N) is 1. The van der Waals surface area contributed by atoms with Gasteiger partial charge in [-0.1, -0.05) is 29.8 Å². The van der Waals surface area contributed by atoms with E-state index in [1.54, 1.807) is 13.3 Å². The summed E-state index contributed by atoms with van der Waals surface area (Å²) in [6.07, 6.45) is 1.75. The van der Waals surface area contributed by atoms with Crippen LogP contribution in [0, 0.1) is 6.92 Å². The Morgan fingerprint density at radius 1 is 1.06 bits per heavy atom. The molecule has 0 aliphatic rings. The molecule has 0 unspecified atom stereocenters. The van der Waals surface area contributed by atoms with E-state index in [0.717, 1.165) is 17.0 Å². The van der Waals surface area contributed by atoms with Gasteiger partial charge in [0.2, 0.25) is 0 Å². The summed E-state index contributed by atoms with van der Waals surface area (Å²) in [7, 11) is 1.65. The van der Waals surface area contributed by atoms with Gasteiger partial charge < -0.3 is 4.74 Å². The number of rotatable bonds is 4. The minimum Gasteiger partial charge on any atom is -0.496 e. The van der Waals surface area contributed by atoms with E-state index >= 15 is 0 Å². The molecule has 0 fully saturated rings. The van der Waals surface area contributed by atoms with Gasteiger partial charge in [0.15, 0.2) is 0 Å². The lowest BCUT2D eigenvalue weighted by Crippen LogP contribution is -1.93. The standard InChI is InChI=1S/C15H16N2O/c1-12-7-9-14(10-8-12)17-16-11-13-5-3-4-6-15(13)18-2/h3-11,17H,1-2H3/b16-11-. The van der Waals surface area contributed by atoms with Crippen molar-refractivity contribution in [3.8, 4) is 5.75 Å². The van der Waals surface area contributed by atoms with Crippen LogP contribution < -0.4 is 10.2 Å². The summed E-state index contributed by atoms with van der Waals surface area (Å²) >= 11 is 0. The first-order chi connectivity index (χ1) is 8.79. The summed E-state index contributed by atoms with van der Waals surface area (Å²) in [5.74, 6) is 0.812. The normalized spacial score (nSPS) is 10.6. The van der Waals surface area contributed by atoms with Crippen molar-refractivity contribution in [2.24, 2.45) is 5.10 Å². The predicted molar refractivity (Wildman–Crippen MR) is 75.4 cm³/mol. The zero-order chi connectivity index (χ0) is 12.8. The van der Waals surface area contributed by atoms with Crippen molar-refractivity contribution in [1.29, 1.82) is 0 Å². The first-order valence-corrected chi connectivity index (χ1v) is 5.78. The van der Waals surface area contributed by atoms with Crippen LogP contribution in [0.15, 0.2) is 53.6 Å². The molecule has 1 N–H and O–H groups in total. The fraction of sp³-hybridized carbons (Fsp3) is 0.133. The van der Waals surface area contributed by atoms with E-state index in [9.17, 15) is 0 Å². The minimum absolute atomic E-state index is 0.812. The molecule has 0 aliphatic carbocycles. The Morgan fingerprint density at radius 2 is 1.78 bits per heavy atom. The predicted octanol–water partition coefficient (Wildman–Crippen LogP) is 3.45. The van der Waals surface area contributed by atoms with Crippen LogP contribution >= 0.6 is 0 Å². The molecule has 2 aromatic rings. The van der Waals surface area contributed by atoms with Crippen molar-refractivity contribution in [3.05, 3.63) is 59.7 Å². The molecule has 0 aliphatic heterocycles. The molecule has 18 heavy (non-hydrogen) atoms. The number of hydrogen-bond donors (Lipinski definition) is 1. The number of para-hydroxylation sites is 1. The SMILES string of the molecule is COc1ccccc1/C=N\Nc1ccc(C)cc1. The van der Waals surface area contributed by atoms with Crippen molar-refractivity contribution >= 4 is 11.9 Å². The van der Waals surface area contributed by atoms with Gasteiger partial charge in [-0.05, 0) is 31.2 Å². The van der Waals surface area contributed by atoms with E-state index in [1.165, 1.54) is 5.56 Å². The molecular formula is C15H16N2O. The van der Waals surface area contributed by atoms with Gasteiger partial charge in [-0.2, -0.15) is 5.10 Å². The van der Waals surface area contributed by atoms with Crippen molar-refractivity contribution in [2.45, 2.75) is 6.92 Å². The second-order valence-corrected chi connectivity index (χ2v) is 3.98. The van der Waals surface area contributed by atoms with Crippen LogP contribution in [0.3, 0.4) is 0 Å². The number of methoxy groups -OCH3 is 1. The van der Waals surface area contributed by atoms with Crippen molar-refractivity contribution in [2.75, 3.05) is 12.5 Å². The van der Waals surface area contributed by atoms with E-state index < -0.39 is 0 Å². The van der Waals surface area contributed by atoms with Crippen LogP contribution in [0.2, 0.25) is 0 Å². The third-order valence-corrected chi connectivity index (χ3v) is 2.59. The van der Waals surface area contributed by atoms with Gasteiger partial charge in [0.05, 0.1) is 19.0 Å². The Labute approximate surface area is 107 Å². The van der Waals surface area contributed by atoms with Gasteiger partial charge in [0, 0.05) is 5.56 Å². The smallest absolute Gasteiger partial charge is 0.127 e. The van der Waals surface area contributed by atoms with Crippen LogP contribution in [0.25, 0.3) is 0 Å². The Hall–Kier alpha value is -2.29. The highest BCUT2D eigenvalue weighted by atomic mass is 16.5. The molecule has 0 spiro atoms. The zero-order valence-electron chi connectivity index (χ0n) is 10.6. The Bertz CT molecular complexity index is 532. The molecule has 0 amide bonds. The monoisotopic (exact) mass is 240 g/mol. The summed E-state index contributed by atoms with van der Waals surface area (Å²) in [5.41, 5.74) is 6.13. The van der Waals surface area contributed by atoms with Crippen molar-refractivity contribution in [1.82, 2.24) is 0 Å². The quantitative estimate of drug-likeness (QED) is 0.656. The molecule has 0 saturated carbocycles. The van der Waals surface area contributed by atoms with Gasteiger partial charge in [-0.3, -0.25) is 5.43 Å². The number of aryl methyl sites for hydroxylation is 1. The molecule has 0 heterocycles. The Balaban J connectivity index is 2.05. The summed E-state index contributed by atoms with van der Waals surface area (Å²) in [5, 5.41) is 4.20. The van der Waals surface area contributed by atoms with E-state index in [2.05, 4.69) is 17.5 Å². The molecular weight excluding hydrogens is 224 g/mol. The largest absolute Gasteiger partial charge is 0.496 e. The molecule has 0 bridgehead atoms. The fourth-order valence-electron chi connectivity index (χ4n) is 1.58. The van der Waals surface area contributed by atoms with E-state index in [-0.39, 0.29) is 0 Å². The maximum Gasteiger partial charge on any atom is 0.127 e. The molecule has 0 radical (unpaired) electrons. The van der Waals surface area contributed by atoms with Crippen LogP contribution in [-0.2, 0) is 0 Å². The molecule has 0 atom stereocenters. The summed E-state index contributed by atoms with van der Waals surface area (Å²) in [4.78, 5) is 0. The highest BCUT2D eigenvalue weighted by Gasteiger charge is 1.97. The maximum absolute atomic E-state index is 5.24. The summed E-state index contributed by atoms with van der Waals surface area (Å²) < 4.78 is 5.24. The highest BCUT2D eigenvalue weighted by molar-refractivity contribution is 5.83. The highest BCUT2D eigenvalue weighted by Crippen LogP contribution is 2.15. The van der Waals surface area contributed by atoms with Gasteiger partial charge in [0.1, 0.15) is 5.75 Å². The van der Waals surface area contributed by atoms with Crippen LogP contribution in [0.1, 0.15) is 11.1 Å². The first kappa shape index (κ1) is 12.2. The average molecular weight is 240 g/mol. The molecule has 2 rings (SSSR count). The second-order valence-electron chi connectivity index (χ2n) is 3.98. The van der Waals surface area contributed by atoms with E-state index in [1.807, 2.05) is 48.5 Å². The summed E-state index contributed by atoms with van der Waals surface area (Å²) in [6.45, 7) is 2.06. The molecule has 2 aromatic carbocycles. The Kier molecular flexibility index (Phi) is 3.97. The lowest BCUT2D eigenvalue weighted by atomic mass is 10.2. The lowest BCUT2D eigenvalue weighted by Gasteiger charge is -2.03. The lowest BCUT2D eigenvalue weighted by molar-refractivity contribution is 0.414. The minimum atomic E-state index is 0.812. The molecule has 0 aromatic heterocycles. The molecule has 92 valence electrons. The van der Waals surface area contributed by atoms with Gasteiger partial charge in [-0.15, -0.1) is 0 Å². The number of anilines is 1. The Morgan fingerprint density at radius 3 is 2.50 bits per heavy atom. The van der Waals surface area contributed by atoms with Crippen molar-refractivity contribution in [3.63, 3.8) is 0 Å². The third-order valence-electron chi connectivity index (χ3n) is 2.59. The summed E-state index contributed by atoms with van der Waals surface area (Å²) in [6, 6.07) is 15.8. The molecule has 0 saturated heterocycles. The number of hydrazone groups is 1. The van der Waals surface area contributed by atoms with Gasteiger partial charge in [0.25, 0.3) is 0 Å². The van der Waals surface area contributed by atoms with Gasteiger partial charge in [-0.25, -0.2) is 0 Å². The third kappa shape index (κ3) is 3.10. The number of hydrogen-bond acceptors (Lipinski definition) is 3. The second kappa shape index (κ2) is 5.87. The number of nitrogens with zero attached hydrogens (tertiary/aromatic N) is 1. The number of ether oxygens (including phenoxy) is 1. The van der Waals surface area contributed by atoms with Crippen LogP contribution in [-0.4, -0.2) is 13.3 Å². The van der Waals surface area contributed by atoms with Crippen LogP contribution in [0.4, 0.5) is 5.69 Å². The topological polar surface area (TPSA) is 33.6 Å². The molecule has 3 nitrogen and oxygen atoms in total. The van der Waals surface area contributed by atoms with Crippen molar-refractivity contribution < 1.29 is 4.74 Å². The van der Waals surface area contributed by atoms with E-state index in [4.69, 9.17) is 4.74 Å². The van der Waals surface area contributed by atoms with Gasteiger partial charge >= 0.3 is 0 Å². The fourth-order valence-corrected chi connectivity index (χ4v) is 1.58. The zero-order valence-corrected chi connectivity index (χ0v) is 10.6.